The zero-order chi connectivity index (χ0) is 21.6. The van der Waals surface area contributed by atoms with Crippen molar-refractivity contribution in [1.82, 2.24) is 25.1 Å². The van der Waals surface area contributed by atoms with Crippen LogP contribution >= 0.6 is 11.8 Å². The number of nitrogens with one attached hydrogen (secondary N) is 1. The lowest BCUT2D eigenvalue weighted by molar-refractivity contribution is -0.118. The predicted molar refractivity (Wildman–Crippen MR) is 115 cm³/mol. The lowest BCUT2D eigenvalue weighted by Gasteiger charge is -2.04. The van der Waals surface area contributed by atoms with Gasteiger partial charge in [-0.2, -0.15) is 5.26 Å². The topological polar surface area (TPSA) is 110 Å². The summed E-state index contributed by atoms with van der Waals surface area (Å²) in [4.78, 5) is 16.4. The maximum atomic E-state index is 12.1. The monoisotopic (exact) mass is 430 g/mol. The average Bonchev–Trinajstić information content (AvgIpc) is 3.47. The molecule has 0 aliphatic carbocycles. The van der Waals surface area contributed by atoms with Gasteiger partial charge >= 0.3 is 0 Å². The third kappa shape index (κ3) is 5.18. The first-order valence-corrected chi connectivity index (χ1v) is 10.4. The maximum Gasteiger partial charge on any atom is 0.277 e. The van der Waals surface area contributed by atoms with E-state index in [4.69, 9.17) is 9.68 Å². The van der Waals surface area contributed by atoms with Gasteiger partial charge < -0.3 is 14.3 Å². The van der Waals surface area contributed by atoms with Crippen LogP contribution in [0.4, 0.5) is 0 Å². The van der Waals surface area contributed by atoms with Crippen molar-refractivity contribution >= 4 is 17.7 Å². The van der Waals surface area contributed by atoms with Crippen molar-refractivity contribution in [3.63, 3.8) is 0 Å². The number of carbonyl (C=O) groups excluding carboxylic acids is 1. The van der Waals surface area contributed by atoms with Crippen molar-refractivity contribution in [2.24, 2.45) is 0 Å². The summed E-state index contributed by atoms with van der Waals surface area (Å²) in [6.45, 7) is 2.50. The summed E-state index contributed by atoms with van der Waals surface area (Å²) in [7, 11) is 0. The van der Waals surface area contributed by atoms with Gasteiger partial charge in [-0.25, -0.2) is 4.98 Å². The number of thioether (sulfide) groups is 1. The molecule has 4 aromatic rings. The summed E-state index contributed by atoms with van der Waals surface area (Å²) < 4.78 is 7.42. The lowest BCUT2D eigenvalue weighted by atomic mass is 10.1. The number of rotatable bonds is 7. The van der Waals surface area contributed by atoms with Crippen LogP contribution in [0.25, 0.3) is 17.3 Å². The number of nitrogens with zero attached hydrogens (tertiary/aromatic N) is 5. The van der Waals surface area contributed by atoms with Gasteiger partial charge in [-0.15, -0.1) is 10.2 Å². The summed E-state index contributed by atoms with van der Waals surface area (Å²) in [6.07, 6.45) is 3.39. The van der Waals surface area contributed by atoms with Crippen LogP contribution in [-0.4, -0.2) is 31.4 Å². The van der Waals surface area contributed by atoms with Gasteiger partial charge in [0.1, 0.15) is 12.0 Å². The van der Waals surface area contributed by atoms with Crippen LogP contribution in [0.2, 0.25) is 0 Å². The van der Waals surface area contributed by atoms with Crippen LogP contribution in [0, 0.1) is 18.3 Å². The number of amides is 1. The molecule has 154 valence electrons. The van der Waals surface area contributed by atoms with E-state index in [1.54, 1.807) is 29.2 Å². The molecule has 2 aromatic carbocycles. The number of benzene rings is 2. The van der Waals surface area contributed by atoms with Crippen LogP contribution in [0.3, 0.4) is 0 Å². The van der Waals surface area contributed by atoms with Crippen LogP contribution in [0.5, 0.6) is 0 Å². The number of imidazole rings is 1. The largest absolute Gasteiger partial charge is 0.410 e. The zero-order valence-electron chi connectivity index (χ0n) is 16.6. The summed E-state index contributed by atoms with van der Waals surface area (Å²) in [5, 5.41) is 20.1. The first-order chi connectivity index (χ1) is 15.1. The molecule has 1 amide bonds. The van der Waals surface area contributed by atoms with Crippen LogP contribution < -0.4 is 5.32 Å². The second-order valence-corrected chi connectivity index (χ2v) is 7.68. The Hall–Kier alpha value is -3.90. The minimum atomic E-state index is -0.115. The quantitative estimate of drug-likeness (QED) is 0.447. The summed E-state index contributed by atoms with van der Waals surface area (Å²) >= 11 is 1.17. The molecule has 0 bridgehead atoms. The molecule has 0 aliphatic rings. The summed E-state index contributed by atoms with van der Waals surface area (Å²) in [5.41, 5.74) is 4.19. The van der Waals surface area contributed by atoms with Crippen molar-refractivity contribution < 1.29 is 9.21 Å². The molecular formula is C22H18N6O2S. The molecule has 2 heterocycles. The van der Waals surface area contributed by atoms with Crippen LogP contribution in [-0.2, 0) is 11.3 Å². The second kappa shape index (κ2) is 9.28. The minimum Gasteiger partial charge on any atom is -0.410 e. The zero-order valence-corrected chi connectivity index (χ0v) is 17.5. The molecule has 0 aliphatic heterocycles. The standard InChI is InChI=1S/C22H18N6O2S/c1-15-2-4-17(5-3-15)11-24-20(29)13-31-22-27-26-21(30-22)19-12-28(14-25-19)18-8-6-16(10-23)7-9-18/h2-9,12,14H,11,13H2,1H3,(H,24,29). The molecule has 0 spiro atoms. The highest BCUT2D eigenvalue weighted by Gasteiger charge is 2.14. The van der Waals surface area contributed by atoms with E-state index < -0.39 is 0 Å². The van der Waals surface area contributed by atoms with Crippen LogP contribution in [0.15, 0.2) is 70.7 Å². The fourth-order valence-electron chi connectivity index (χ4n) is 2.74. The van der Waals surface area contributed by atoms with Gasteiger partial charge in [0.25, 0.3) is 11.1 Å². The van der Waals surface area contributed by atoms with E-state index >= 15 is 0 Å². The highest BCUT2D eigenvalue weighted by molar-refractivity contribution is 7.99. The van der Waals surface area contributed by atoms with Gasteiger partial charge in [0.15, 0.2) is 0 Å². The lowest BCUT2D eigenvalue weighted by Crippen LogP contribution is -2.24. The van der Waals surface area contributed by atoms with Gasteiger partial charge in [-0.1, -0.05) is 41.6 Å². The highest BCUT2D eigenvalue weighted by Crippen LogP contribution is 2.23. The van der Waals surface area contributed by atoms with E-state index in [0.29, 0.717) is 23.0 Å². The second-order valence-electron chi connectivity index (χ2n) is 6.75. The van der Waals surface area contributed by atoms with E-state index in [9.17, 15) is 4.79 Å². The fourth-order valence-corrected chi connectivity index (χ4v) is 3.33. The molecule has 0 atom stereocenters. The Kier molecular flexibility index (Phi) is 6.10. The number of hydrogen-bond donors (Lipinski definition) is 1. The molecule has 8 nitrogen and oxygen atoms in total. The third-order valence-corrected chi connectivity index (χ3v) is 5.26. The molecule has 0 saturated carbocycles. The molecular weight excluding hydrogens is 412 g/mol. The number of carbonyl (C=O) groups is 1. The van der Waals surface area contributed by atoms with Crippen molar-refractivity contribution in [3.05, 3.63) is 77.7 Å². The fraction of sp³-hybridized carbons (Fsp3) is 0.136. The van der Waals surface area contributed by atoms with Gasteiger partial charge in [-0.3, -0.25) is 4.79 Å². The predicted octanol–water partition coefficient (Wildman–Crippen LogP) is 3.51. The summed E-state index contributed by atoms with van der Waals surface area (Å²) in [6, 6.07) is 17.2. The van der Waals surface area contributed by atoms with Gasteiger partial charge in [0.05, 0.1) is 17.4 Å². The molecule has 0 radical (unpaired) electrons. The molecule has 9 heteroatoms. The number of hydrogen-bond acceptors (Lipinski definition) is 7. The molecule has 4 rings (SSSR count). The number of aromatic nitrogens is 4. The maximum absolute atomic E-state index is 12.1. The smallest absolute Gasteiger partial charge is 0.277 e. The first-order valence-electron chi connectivity index (χ1n) is 9.44. The van der Waals surface area contributed by atoms with E-state index in [2.05, 4.69) is 26.6 Å². The Labute approximate surface area is 182 Å². The van der Waals surface area contributed by atoms with E-state index in [1.165, 1.54) is 17.3 Å². The summed E-state index contributed by atoms with van der Waals surface area (Å²) in [5.74, 6) is 0.332. The highest BCUT2D eigenvalue weighted by atomic mass is 32.2. The van der Waals surface area contributed by atoms with Crippen molar-refractivity contribution in [3.8, 4) is 23.3 Å². The van der Waals surface area contributed by atoms with Crippen molar-refractivity contribution in [1.29, 1.82) is 5.26 Å². The number of nitriles is 1. The van der Waals surface area contributed by atoms with E-state index in [0.717, 1.165) is 11.3 Å². The average molecular weight is 430 g/mol. The Morgan fingerprint density at radius 3 is 2.68 bits per heavy atom. The Balaban J connectivity index is 1.32. The molecule has 0 saturated heterocycles. The molecule has 31 heavy (non-hydrogen) atoms. The Morgan fingerprint density at radius 2 is 1.94 bits per heavy atom. The molecule has 0 unspecified atom stereocenters. The van der Waals surface area contributed by atoms with E-state index in [1.807, 2.05) is 43.3 Å². The Morgan fingerprint density at radius 1 is 1.16 bits per heavy atom. The van der Waals surface area contributed by atoms with Gasteiger partial charge in [0, 0.05) is 18.4 Å². The third-order valence-electron chi connectivity index (χ3n) is 4.44. The van der Waals surface area contributed by atoms with Crippen molar-refractivity contribution in [2.45, 2.75) is 18.7 Å². The molecule has 1 N–H and O–H groups in total. The molecule has 0 fully saturated rings. The van der Waals surface area contributed by atoms with Gasteiger partial charge in [-0.05, 0) is 36.8 Å². The SMILES string of the molecule is Cc1ccc(CNC(=O)CSc2nnc(-c3cn(-c4ccc(C#N)cc4)cn3)o2)cc1. The normalized spacial score (nSPS) is 10.6. The van der Waals surface area contributed by atoms with Crippen LogP contribution in [0.1, 0.15) is 16.7 Å². The first kappa shape index (κ1) is 20.4. The van der Waals surface area contributed by atoms with E-state index in [-0.39, 0.29) is 17.6 Å². The van der Waals surface area contributed by atoms with Crippen molar-refractivity contribution in [2.75, 3.05) is 5.75 Å². The van der Waals surface area contributed by atoms with Gasteiger partial charge in [0.2, 0.25) is 5.91 Å². The molecule has 2 aromatic heterocycles. The Bertz CT molecular complexity index is 1220. The number of aryl methyl sites for hydroxylation is 1. The minimum absolute atomic E-state index is 0.115.